The number of halogens is 1. The molecule has 0 radical (unpaired) electrons. The lowest BCUT2D eigenvalue weighted by Crippen LogP contribution is -2.52. The van der Waals surface area contributed by atoms with E-state index >= 15 is 0 Å². The zero-order valence-electron chi connectivity index (χ0n) is 19.9. The van der Waals surface area contributed by atoms with Crippen molar-refractivity contribution >= 4 is 17.8 Å². The number of nitrogens with zero attached hydrogens (tertiary/aromatic N) is 2. The van der Waals surface area contributed by atoms with Gasteiger partial charge in [-0.3, -0.25) is 9.69 Å². The van der Waals surface area contributed by atoms with Gasteiger partial charge < -0.3 is 19.1 Å². The van der Waals surface area contributed by atoms with Crippen molar-refractivity contribution in [2.75, 3.05) is 33.3 Å². The molecule has 5 rings (SSSR count). The standard InChI is InChI=1S/C27H27FN2O6/c1-34-23-5-3-2-4-19(23)12-15-29-13-10-18(11-14-29)17-30-26(33)21-7-6-20(28)16-22(21)27(30)35-24(31)8-9-25(32)36-27/h2-9,16,18H,10-15,17H2,1H3. The summed E-state index contributed by atoms with van der Waals surface area (Å²) < 4.78 is 30.6. The maximum atomic E-state index is 14.2. The summed E-state index contributed by atoms with van der Waals surface area (Å²) in [6.07, 6.45) is 4.35. The molecule has 0 aliphatic carbocycles. The van der Waals surface area contributed by atoms with Gasteiger partial charge in [-0.05, 0) is 68.1 Å². The molecular formula is C27H27FN2O6. The van der Waals surface area contributed by atoms with Crippen molar-refractivity contribution < 1.29 is 33.0 Å². The number of para-hydroxylation sites is 1. The Hall–Kier alpha value is -3.72. The van der Waals surface area contributed by atoms with Crippen LogP contribution in [0.25, 0.3) is 0 Å². The van der Waals surface area contributed by atoms with E-state index < -0.39 is 29.6 Å². The molecule has 2 aromatic carbocycles. The van der Waals surface area contributed by atoms with Gasteiger partial charge in [0.15, 0.2) is 0 Å². The van der Waals surface area contributed by atoms with Crippen LogP contribution in [0.2, 0.25) is 0 Å². The molecule has 0 saturated carbocycles. The van der Waals surface area contributed by atoms with E-state index in [-0.39, 0.29) is 23.6 Å². The van der Waals surface area contributed by atoms with Crippen molar-refractivity contribution in [3.05, 3.63) is 77.1 Å². The number of likely N-dealkylation sites (tertiary alicyclic amines) is 1. The third-order valence-electron chi connectivity index (χ3n) is 7.02. The first kappa shape index (κ1) is 24.0. The summed E-state index contributed by atoms with van der Waals surface area (Å²) in [6, 6.07) is 11.5. The fraction of sp³-hybridized carbons (Fsp3) is 0.370. The zero-order chi connectivity index (χ0) is 25.3. The molecule has 0 aromatic heterocycles. The van der Waals surface area contributed by atoms with Gasteiger partial charge in [0.05, 0.1) is 18.2 Å². The SMILES string of the molecule is COc1ccccc1CCN1CCC(CN2C(=O)c3ccc(F)cc3C23OC(=O)C=CC(=O)O3)CC1. The number of carbonyl (C=O) groups excluding carboxylic acids is 3. The van der Waals surface area contributed by atoms with Crippen molar-refractivity contribution in [1.29, 1.82) is 0 Å². The number of amides is 1. The van der Waals surface area contributed by atoms with Crippen LogP contribution in [-0.2, 0) is 31.4 Å². The minimum absolute atomic E-state index is 0.0205. The van der Waals surface area contributed by atoms with Gasteiger partial charge in [-0.1, -0.05) is 18.2 Å². The monoisotopic (exact) mass is 494 g/mol. The molecule has 3 heterocycles. The molecule has 3 aliphatic rings. The summed E-state index contributed by atoms with van der Waals surface area (Å²) in [6.45, 7) is 2.75. The molecule has 1 saturated heterocycles. The molecule has 0 N–H and O–H groups in total. The first-order valence-corrected chi connectivity index (χ1v) is 12.0. The zero-order valence-corrected chi connectivity index (χ0v) is 19.9. The molecule has 0 unspecified atom stereocenters. The van der Waals surface area contributed by atoms with E-state index in [4.69, 9.17) is 14.2 Å². The molecule has 188 valence electrons. The number of hydrogen-bond acceptors (Lipinski definition) is 7. The van der Waals surface area contributed by atoms with Gasteiger partial charge in [0.1, 0.15) is 11.6 Å². The van der Waals surface area contributed by atoms with Crippen LogP contribution in [0, 0.1) is 11.7 Å². The number of ether oxygens (including phenoxy) is 3. The summed E-state index contributed by atoms with van der Waals surface area (Å²) in [5.41, 5.74) is 1.32. The number of hydrogen-bond donors (Lipinski definition) is 0. The Morgan fingerprint density at radius 2 is 1.72 bits per heavy atom. The van der Waals surface area contributed by atoms with Crippen LogP contribution in [0.1, 0.15) is 34.3 Å². The number of piperidine rings is 1. The molecule has 36 heavy (non-hydrogen) atoms. The van der Waals surface area contributed by atoms with Gasteiger partial charge in [-0.2, -0.15) is 0 Å². The van der Waals surface area contributed by atoms with E-state index in [0.29, 0.717) is 0 Å². The summed E-state index contributed by atoms with van der Waals surface area (Å²) in [5.74, 6) is -3.94. The molecular weight excluding hydrogens is 467 g/mol. The van der Waals surface area contributed by atoms with Crippen molar-refractivity contribution in [3.63, 3.8) is 0 Å². The van der Waals surface area contributed by atoms with Crippen molar-refractivity contribution in [3.8, 4) is 5.75 Å². The second-order valence-corrected chi connectivity index (χ2v) is 9.21. The van der Waals surface area contributed by atoms with Crippen LogP contribution in [-0.4, -0.2) is 60.9 Å². The average molecular weight is 495 g/mol. The maximum Gasteiger partial charge on any atom is 0.375 e. The molecule has 1 spiro atoms. The minimum atomic E-state index is -2.12. The van der Waals surface area contributed by atoms with E-state index in [1.54, 1.807) is 7.11 Å². The Labute approximate surface area is 208 Å². The summed E-state index contributed by atoms with van der Waals surface area (Å²) >= 11 is 0. The van der Waals surface area contributed by atoms with Crippen molar-refractivity contribution in [2.45, 2.75) is 25.2 Å². The molecule has 1 fully saturated rings. The lowest BCUT2D eigenvalue weighted by molar-refractivity contribution is -0.275. The first-order chi connectivity index (χ1) is 17.4. The second-order valence-electron chi connectivity index (χ2n) is 9.21. The summed E-state index contributed by atoms with van der Waals surface area (Å²) in [4.78, 5) is 41.6. The van der Waals surface area contributed by atoms with E-state index in [9.17, 15) is 18.8 Å². The van der Waals surface area contributed by atoms with E-state index in [0.717, 1.165) is 74.5 Å². The van der Waals surface area contributed by atoms with Crippen molar-refractivity contribution in [1.82, 2.24) is 9.80 Å². The summed E-state index contributed by atoms with van der Waals surface area (Å²) in [7, 11) is 1.67. The molecule has 9 heteroatoms. The molecule has 2 aromatic rings. The average Bonchev–Trinajstić information content (AvgIpc) is 2.98. The number of benzene rings is 2. The number of methoxy groups -OCH3 is 1. The Morgan fingerprint density at radius 1 is 1.03 bits per heavy atom. The minimum Gasteiger partial charge on any atom is -0.496 e. The fourth-order valence-corrected chi connectivity index (χ4v) is 5.15. The number of carbonyl (C=O) groups is 3. The third kappa shape index (κ3) is 4.46. The van der Waals surface area contributed by atoms with Gasteiger partial charge in [0.2, 0.25) is 0 Å². The topological polar surface area (TPSA) is 85.4 Å². The predicted molar refractivity (Wildman–Crippen MR) is 126 cm³/mol. The normalized spacial score (nSPS) is 19.7. The quantitative estimate of drug-likeness (QED) is 0.571. The van der Waals surface area contributed by atoms with Crippen LogP contribution < -0.4 is 4.74 Å². The highest BCUT2D eigenvalue weighted by Crippen LogP contribution is 2.44. The van der Waals surface area contributed by atoms with Crippen LogP contribution in [0.3, 0.4) is 0 Å². The molecule has 1 amide bonds. The van der Waals surface area contributed by atoms with Crippen LogP contribution in [0.4, 0.5) is 4.39 Å². The number of fused-ring (bicyclic) bond motifs is 2. The highest BCUT2D eigenvalue weighted by molar-refractivity contribution is 6.01. The predicted octanol–water partition coefficient (Wildman–Crippen LogP) is 3.01. The van der Waals surface area contributed by atoms with Crippen LogP contribution in [0.5, 0.6) is 5.75 Å². The first-order valence-electron chi connectivity index (χ1n) is 12.0. The Kier molecular flexibility index (Phi) is 6.49. The highest BCUT2D eigenvalue weighted by atomic mass is 19.1. The Balaban J connectivity index is 1.29. The number of rotatable bonds is 6. The maximum absolute atomic E-state index is 14.2. The smallest absolute Gasteiger partial charge is 0.375 e. The Morgan fingerprint density at radius 3 is 2.42 bits per heavy atom. The molecule has 3 aliphatic heterocycles. The van der Waals surface area contributed by atoms with E-state index in [1.807, 2.05) is 18.2 Å². The van der Waals surface area contributed by atoms with Gasteiger partial charge in [0, 0.05) is 25.2 Å². The van der Waals surface area contributed by atoms with Gasteiger partial charge >= 0.3 is 17.8 Å². The van der Waals surface area contributed by atoms with Crippen LogP contribution in [0.15, 0.2) is 54.6 Å². The lowest BCUT2D eigenvalue weighted by Gasteiger charge is -2.39. The Bertz CT molecular complexity index is 1200. The largest absolute Gasteiger partial charge is 0.496 e. The van der Waals surface area contributed by atoms with Crippen LogP contribution >= 0.6 is 0 Å². The van der Waals surface area contributed by atoms with E-state index in [1.165, 1.54) is 11.0 Å². The van der Waals surface area contributed by atoms with Gasteiger partial charge in [-0.25, -0.2) is 14.0 Å². The highest BCUT2D eigenvalue weighted by Gasteiger charge is 2.57. The molecule has 8 nitrogen and oxygen atoms in total. The number of esters is 2. The summed E-state index contributed by atoms with van der Waals surface area (Å²) in [5, 5.41) is 0. The molecule has 0 atom stereocenters. The van der Waals surface area contributed by atoms with Gasteiger partial charge in [-0.15, -0.1) is 0 Å². The lowest BCUT2D eigenvalue weighted by atomic mass is 9.95. The molecule has 0 bridgehead atoms. The van der Waals surface area contributed by atoms with E-state index in [2.05, 4.69) is 11.0 Å². The van der Waals surface area contributed by atoms with Gasteiger partial charge in [0.25, 0.3) is 5.91 Å². The van der Waals surface area contributed by atoms with Crippen molar-refractivity contribution in [2.24, 2.45) is 5.92 Å². The third-order valence-corrected chi connectivity index (χ3v) is 7.02. The second kappa shape index (κ2) is 9.73. The fourth-order valence-electron chi connectivity index (χ4n) is 5.15.